The molecule has 1 atom stereocenters. The molecule has 110 valence electrons. The number of rotatable bonds is 3. The van der Waals surface area contributed by atoms with E-state index in [2.05, 4.69) is 0 Å². The van der Waals surface area contributed by atoms with Crippen LogP contribution in [0.15, 0.2) is 23.1 Å². The second-order valence-electron chi connectivity index (χ2n) is 5.12. The van der Waals surface area contributed by atoms with Crippen molar-refractivity contribution in [2.75, 3.05) is 13.1 Å². The van der Waals surface area contributed by atoms with Gasteiger partial charge in [0, 0.05) is 13.1 Å². The third kappa shape index (κ3) is 2.97. The Balaban J connectivity index is 2.39. The fraction of sp³-hybridized carbons (Fsp3) is 0.462. The lowest BCUT2D eigenvalue weighted by Gasteiger charge is -2.30. The number of benzene rings is 1. The van der Waals surface area contributed by atoms with Crippen LogP contribution in [0.5, 0.6) is 0 Å². The van der Waals surface area contributed by atoms with Gasteiger partial charge in [-0.3, -0.25) is 4.79 Å². The predicted octanol–water partition coefficient (Wildman–Crippen LogP) is 1.86. The zero-order valence-corrected chi connectivity index (χ0v) is 12.7. The molecule has 2 rings (SSSR count). The van der Waals surface area contributed by atoms with E-state index in [0.717, 1.165) is 12.8 Å². The van der Waals surface area contributed by atoms with Crippen molar-refractivity contribution in [1.29, 1.82) is 0 Å². The van der Waals surface area contributed by atoms with Crippen LogP contribution in [0, 0.1) is 5.92 Å². The second-order valence-corrected chi connectivity index (χ2v) is 7.46. The van der Waals surface area contributed by atoms with E-state index in [0.29, 0.717) is 19.0 Å². The fourth-order valence-electron chi connectivity index (χ4n) is 2.37. The van der Waals surface area contributed by atoms with Crippen molar-refractivity contribution >= 4 is 27.5 Å². The third-order valence-corrected chi connectivity index (χ3v) is 5.65. The number of hydrogen-bond acceptors (Lipinski definition) is 3. The van der Waals surface area contributed by atoms with Crippen LogP contribution in [0.2, 0.25) is 5.02 Å². The van der Waals surface area contributed by atoms with Gasteiger partial charge in [0.1, 0.15) is 0 Å². The molecule has 0 radical (unpaired) electrons. The minimum Gasteiger partial charge on any atom is -0.366 e. The minimum absolute atomic E-state index is 0.0257. The van der Waals surface area contributed by atoms with E-state index < -0.39 is 15.9 Å². The molecule has 5 nitrogen and oxygen atoms in total. The molecule has 1 aliphatic rings. The Morgan fingerprint density at radius 3 is 2.75 bits per heavy atom. The summed E-state index contributed by atoms with van der Waals surface area (Å²) in [6, 6.07) is 4.05. The molecule has 1 saturated heterocycles. The normalized spacial score (nSPS) is 20.8. The molecule has 0 unspecified atom stereocenters. The maximum atomic E-state index is 12.5. The number of nitrogens with zero attached hydrogens (tertiary/aromatic N) is 1. The molecular formula is C13H17ClN2O3S. The average molecular weight is 317 g/mol. The number of amides is 1. The Morgan fingerprint density at radius 2 is 2.15 bits per heavy atom. The molecule has 0 saturated carbocycles. The largest absolute Gasteiger partial charge is 0.366 e. The van der Waals surface area contributed by atoms with Crippen molar-refractivity contribution in [3.63, 3.8) is 0 Å². The molecule has 1 aromatic rings. The quantitative estimate of drug-likeness (QED) is 0.924. The van der Waals surface area contributed by atoms with Crippen LogP contribution >= 0.6 is 11.6 Å². The number of carbonyl (C=O) groups excluding carboxylic acids is 1. The monoisotopic (exact) mass is 316 g/mol. The summed E-state index contributed by atoms with van der Waals surface area (Å²) >= 11 is 5.84. The molecule has 1 heterocycles. The van der Waals surface area contributed by atoms with Gasteiger partial charge in [0.2, 0.25) is 15.9 Å². The highest BCUT2D eigenvalue weighted by Crippen LogP contribution is 2.26. The van der Waals surface area contributed by atoms with E-state index in [1.165, 1.54) is 22.5 Å². The number of hydrogen-bond donors (Lipinski definition) is 1. The standard InChI is InChI=1S/C13H17ClN2O3S/c1-9-3-2-6-16(8-9)20(18,19)10-4-5-12(14)11(7-10)13(15)17/h4-5,7,9H,2-3,6,8H2,1H3,(H2,15,17)/t9-/m1/s1. The molecule has 1 aliphatic heterocycles. The maximum absolute atomic E-state index is 12.5. The highest BCUT2D eigenvalue weighted by Gasteiger charge is 2.29. The van der Waals surface area contributed by atoms with Crippen LogP contribution in [0.25, 0.3) is 0 Å². The number of sulfonamides is 1. The lowest BCUT2D eigenvalue weighted by molar-refractivity contribution is 0.1000. The predicted molar refractivity (Wildman–Crippen MR) is 77.1 cm³/mol. The number of piperidine rings is 1. The second kappa shape index (κ2) is 5.71. The molecule has 0 bridgehead atoms. The van der Waals surface area contributed by atoms with Crippen molar-refractivity contribution in [3.05, 3.63) is 28.8 Å². The summed E-state index contributed by atoms with van der Waals surface area (Å²) in [4.78, 5) is 11.3. The molecule has 0 spiro atoms. The van der Waals surface area contributed by atoms with Gasteiger partial charge in [0.05, 0.1) is 15.5 Å². The smallest absolute Gasteiger partial charge is 0.250 e. The molecule has 20 heavy (non-hydrogen) atoms. The number of halogens is 1. The van der Waals surface area contributed by atoms with Crippen LogP contribution < -0.4 is 5.73 Å². The number of primary amides is 1. The first-order chi connectivity index (χ1) is 9.32. The van der Waals surface area contributed by atoms with Crippen molar-refractivity contribution in [2.45, 2.75) is 24.7 Å². The first-order valence-electron chi connectivity index (χ1n) is 6.42. The Hall–Kier alpha value is -1.11. The van der Waals surface area contributed by atoms with Crippen LogP contribution in [0.4, 0.5) is 0 Å². The minimum atomic E-state index is -3.60. The molecule has 0 aliphatic carbocycles. The highest BCUT2D eigenvalue weighted by atomic mass is 35.5. The maximum Gasteiger partial charge on any atom is 0.250 e. The molecule has 7 heteroatoms. The van der Waals surface area contributed by atoms with Gasteiger partial charge in [0.25, 0.3) is 0 Å². The van der Waals surface area contributed by atoms with Crippen molar-refractivity contribution in [3.8, 4) is 0 Å². The molecule has 1 fully saturated rings. The van der Waals surface area contributed by atoms with Gasteiger partial charge in [0.15, 0.2) is 0 Å². The van der Waals surface area contributed by atoms with Crippen molar-refractivity contribution < 1.29 is 13.2 Å². The first kappa shape index (κ1) is 15.3. The summed E-state index contributed by atoms with van der Waals surface area (Å²) in [5.74, 6) is -0.402. The van der Waals surface area contributed by atoms with Crippen LogP contribution in [-0.2, 0) is 10.0 Å². The first-order valence-corrected chi connectivity index (χ1v) is 8.23. The van der Waals surface area contributed by atoms with E-state index >= 15 is 0 Å². The molecule has 1 aromatic carbocycles. The van der Waals surface area contributed by atoms with Gasteiger partial charge in [-0.2, -0.15) is 4.31 Å². The summed E-state index contributed by atoms with van der Waals surface area (Å²) in [5.41, 5.74) is 5.22. The van der Waals surface area contributed by atoms with E-state index in [9.17, 15) is 13.2 Å². The highest BCUT2D eigenvalue weighted by molar-refractivity contribution is 7.89. The third-order valence-electron chi connectivity index (χ3n) is 3.46. The average Bonchev–Trinajstić information content (AvgIpc) is 2.38. The molecule has 2 N–H and O–H groups in total. The van der Waals surface area contributed by atoms with Gasteiger partial charge in [-0.05, 0) is 37.0 Å². The van der Waals surface area contributed by atoms with Gasteiger partial charge in [-0.15, -0.1) is 0 Å². The Kier molecular flexibility index (Phi) is 4.36. The summed E-state index contributed by atoms with van der Waals surface area (Å²) in [7, 11) is -3.60. The summed E-state index contributed by atoms with van der Waals surface area (Å²) < 4.78 is 26.6. The van der Waals surface area contributed by atoms with Crippen LogP contribution in [-0.4, -0.2) is 31.7 Å². The lowest BCUT2D eigenvalue weighted by Crippen LogP contribution is -2.39. The molecular weight excluding hydrogens is 300 g/mol. The summed E-state index contributed by atoms with van der Waals surface area (Å²) in [6.07, 6.45) is 1.87. The van der Waals surface area contributed by atoms with Crippen molar-refractivity contribution in [2.24, 2.45) is 11.7 Å². The Labute approximate surface area is 123 Å². The van der Waals surface area contributed by atoms with E-state index in [1.807, 2.05) is 6.92 Å². The number of nitrogens with two attached hydrogens (primary N) is 1. The number of carbonyl (C=O) groups is 1. The van der Waals surface area contributed by atoms with E-state index in [1.54, 1.807) is 0 Å². The Bertz CT molecular complexity index is 631. The van der Waals surface area contributed by atoms with Gasteiger partial charge < -0.3 is 5.73 Å². The zero-order valence-electron chi connectivity index (χ0n) is 11.2. The fourth-order valence-corrected chi connectivity index (χ4v) is 4.20. The van der Waals surface area contributed by atoms with Gasteiger partial charge in [-0.25, -0.2) is 8.42 Å². The SMILES string of the molecule is C[C@@H]1CCCN(S(=O)(=O)c2ccc(Cl)c(C(N)=O)c2)C1. The zero-order chi connectivity index (χ0) is 14.9. The van der Waals surface area contributed by atoms with E-state index in [-0.39, 0.29) is 15.5 Å². The summed E-state index contributed by atoms with van der Waals surface area (Å²) in [5, 5.41) is 0.156. The van der Waals surface area contributed by atoms with Crippen LogP contribution in [0.3, 0.4) is 0 Å². The summed E-state index contributed by atoms with van der Waals surface area (Å²) in [6.45, 7) is 3.02. The van der Waals surface area contributed by atoms with Gasteiger partial charge >= 0.3 is 0 Å². The van der Waals surface area contributed by atoms with Gasteiger partial charge in [-0.1, -0.05) is 18.5 Å². The van der Waals surface area contributed by atoms with Crippen molar-refractivity contribution in [1.82, 2.24) is 4.31 Å². The Morgan fingerprint density at radius 1 is 1.45 bits per heavy atom. The van der Waals surface area contributed by atoms with Crippen LogP contribution in [0.1, 0.15) is 30.1 Å². The molecule has 1 amide bonds. The van der Waals surface area contributed by atoms with E-state index in [4.69, 9.17) is 17.3 Å². The topological polar surface area (TPSA) is 80.5 Å². The molecule has 0 aromatic heterocycles. The lowest BCUT2D eigenvalue weighted by atomic mass is 10.0.